The summed E-state index contributed by atoms with van der Waals surface area (Å²) in [6.45, 7) is 4.15. The Morgan fingerprint density at radius 2 is 1.83 bits per heavy atom. The van der Waals surface area contributed by atoms with Gasteiger partial charge in [0.05, 0.1) is 7.11 Å². The first kappa shape index (κ1) is 14.8. The molecule has 1 unspecified atom stereocenters. The molecule has 0 amide bonds. The van der Waals surface area contributed by atoms with E-state index in [2.05, 4.69) is 19.2 Å². The minimum Gasteiger partial charge on any atom is -0.467 e. The molecule has 0 aliphatic carbocycles. The van der Waals surface area contributed by atoms with Crippen molar-refractivity contribution in [1.29, 1.82) is 0 Å². The molecule has 0 heterocycles. The first-order valence-corrected chi connectivity index (χ1v) is 6.60. The molecule has 0 bridgehead atoms. The lowest BCUT2D eigenvalue weighted by Gasteiger charge is -2.25. The molecule has 0 aliphatic rings. The van der Waals surface area contributed by atoms with Gasteiger partial charge in [0, 0.05) is 10.7 Å². The Morgan fingerprint density at radius 1 is 1.28 bits per heavy atom. The number of methoxy groups -OCH3 is 1. The normalized spacial score (nSPS) is 12.3. The molecule has 0 fully saturated rings. The summed E-state index contributed by atoms with van der Waals surface area (Å²) in [6.07, 6.45) is 1.85. The fraction of sp³-hybridized carbons (Fsp3) is 0.500. The second kappa shape index (κ2) is 7.27. The van der Waals surface area contributed by atoms with Gasteiger partial charge in [-0.3, -0.25) is 0 Å². The van der Waals surface area contributed by atoms with Crippen LogP contribution < -0.4 is 5.32 Å². The van der Waals surface area contributed by atoms with Crippen molar-refractivity contribution in [2.75, 3.05) is 12.4 Å². The predicted octanol–water partition coefficient (Wildman–Crippen LogP) is 3.73. The van der Waals surface area contributed by atoms with Gasteiger partial charge in [-0.05, 0) is 30.2 Å². The lowest BCUT2D eigenvalue weighted by Crippen LogP contribution is -2.37. The molecule has 1 atom stereocenters. The molecule has 0 saturated carbocycles. The van der Waals surface area contributed by atoms with E-state index in [9.17, 15) is 4.79 Å². The summed E-state index contributed by atoms with van der Waals surface area (Å²) in [6, 6.07) is 7.00. The molecule has 3 nitrogen and oxygen atoms in total. The van der Waals surface area contributed by atoms with Crippen LogP contribution in [0.5, 0.6) is 0 Å². The minimum atomic E-state index is -0.314. The molecule has 1 rings (SSSR count). The number of carbonyl (C=O) groups excluding carboxylic acids is 1. The third-order valence-corrected chi connectivity index (χ3v) is 3.39. The summed E-state index contributed by atoms with van der Waals surface area (Å²) in [7, 11) is 1.42. The van der Waals surface area contributed by atoms with Crippen LogP contribution in [0.3, 0.4) is 0 Å². The highest BCUT2D eigenvalue weighted by atomic mass is 35.5. The SMILES string of the molecule is CCC(CC)C(Nc1ccc(Cl)cc1)C(=O)OC. The van der Waals surface area contributed by atoms with Crippen molar-refractivity contribution in [1.82, 2.24) is 0 Å². The van der Waals surface area contributed by atoms with E-state index >= 15 is 0 Å². The van der Waals surface area contributed by atoms with Gasteiger partial charge in [0.1, 0.15) is 6.04 Å². The second-order valence-corrected chi connectivity index (χ2v) is 4.67. The summed E-state index contributed by atoms with van der Waals surface area (Å²) in [5.41, 5.74) is 0.877. The molecule has 0 aromatic heterocycles. The van der Waals surface area contributed by atoms with Crippen LogP contribution >= 0.6 is 11.6 Å². The van der Waals surface area contributed by atoms with Gasteiger partial charge >= 0.3 is 5.97 Å². The third kappa shape index (κ3) is 3.91. The number of esters is 1. The van der Waals surface area contributed by atoms with E-state index in [0.717, 1.165) is 18.5 Å². The summed E-state index contributed by atoms with van der Waals surface area (Å²) in [5.74, 6) is 0.0341. The fourth-order valence-electron chi connectivity index (χ4n) is 1.98. The number of carbonyl (C=O) groups is 1. The van der Waals surface area contributed by atoms with E-state index in [0.29, 0.717) is 5.02 Å². The lowest BCUT2D eigenvalue weighted by atomic mass is 9.94. The molecular weight excluding hydrogens is 250 g/mol. The van der Waals surface area contributed by atoms with Gasteiger partial charge in [0.25, 0.3) is 0 Å². The van der Waals surface area contributed by atoms with Gasteiger partial charge in [-0.15, -0.1) is 0 Å². The largest absolute Gasteiger partial charge is 0.467 e. The van der Waals surface area contributed by atoms with Crippen LogP contribution in [-0.4, -0.2) is 19.1 Å². The first-order chi connectivity index (χ1) is 8.62. The second-order valence-electron chi connectivity index (χ2n) is 4.23. The van der Waals surface area contributed by atoms with E-state index < -0.39 is 0 Å². The van der Waals surface area contributed by atoms with Crippen molar-refractivity contribution >= 4 is 23.3 Å². The molecule has 1 N–H and O–H groups in total. The van der Waals surface area contributed by atoms with Crippen LogP contribution in [0.2, 0.25) is 5.02 Å². The predicted molar refractivity (Wildman–Crippen MR) is 75.0 cm³/mol. The molecule has 100 valence electrons. The topological polar surface area (TPSA) is 38.3 Å². The average molecular weight is 270 g/mol. The fourth-order valence-corrected chi connectivity index (χ4v) is 2.11. The Hall–Kier alpha value is -1.22. The Morgan fingerprint density at radius 3 is 2.28 bits per heavy atom. The van der Waals surface area contributed by atoms with Crippen LogP contribution in [0.15, 0.2) is 24.3 Å². The number of hydrogen-bond donors (Lipinski definition) is 1. The van der Waals surface area contributed by atoms with E-state index in [-0.39, 0.29) is 17.9 Å². The molecule has 0 radical (unpaired) electrons. The lowest BCUT2D eigenvalue weighted by molar-refractivity contribution is -0.142. The highest BCUT2D eigenvalue weighted by Gasteiger charge is 2.26. The summed E-state index contributed by atoms with van der Waals surface area (Å²) >= 11 is 5.84. The van der Waals surface area contributed by atoms with Crippen molar-refractivity contribution in [2.24, 2.45) is 5.92 Å². The first-order valence-electron chi connectivity index (χ1n) is 6.22. The highest BCUT2D eigenvalue weighted by molar-refractivity contribution is 6.30. The Bertz CT molecular complexity index is 374. The van der Waals surface area contributed by atoms with Crippen LogP contribution in [0.25, 0.3) is 0 Å². The van der Waals surface area contributed by atoms with Crippen LogP contribution in [0.4, 0.5) is 5.69 Å². The average Bonchev–Trinajstić information content (AvgIpc) is 2.40. The quantitative estimate of drug-likeness (QED) is 0.800. The molecule has 18 heavy (non-hydrogen) atoms. The molecule has 1 aromatic rings. The smallest absolute Gasteiger partial charge is 0.328 e. The number of hydrogen-bond acceptors (Lipinski definition) is 3. The van der Waals surface area contributed by atoms with E-state index in [1.54, 1.807) is 12.1 Å². The Kier molecular flexibility index (Phi) is 5.99. The van der Waals surface area contributed by atoms with Gasteiger partial charge in [0.2, 0.25) is 0 Å². The zero-order chi connectivity index (χ0) is 13.5. The van der Waals surface area contributed by atoms with Gasteiger partial charge < -0.3 is 10.1 Å². The Balaban J connectivity index is 2.84. The minimum absolute atomic E-state index is 0.223. The summed E-state index contributed by atoms with van der Waals surface area (Å²) in [4.78, 5) is 11.8. The zero-order valence-electron chi connectivity index (χ0n) is 11.1. The monoisotopic (exact) mass is 269 g/mol. The van der Waals surface area contributed by atoms with Gasteiger partial charge in [-0.25, -0.2) is 4.79 Å². The van der Waals surface area contributed by atoms with Gasteiger partial charge in [0.15, 0.2) is 0 Å². The van der Waals surface area contributed by atoms with E-state index in [4.69, 9.17) is 16.3 Å². The van der Waals surface area contributed by atoms with Crippen molar-refractivity contribution in [2.45, 2.75) is 32.7 Å². The van der Waals surface area contributed by atoms with Gasteiger partial charge in [-0.2, -0.15) is 0 Å². The van der Waals surface area contributed by atoms with Crippen LogP contribution in [0.1, 0.15) is 26.7 Å². The van der Waals surface area contributed by atoms with Crippen molar-refractivity contribution in [3.05, 3.63) is 29.3 Å². The number of anilines is 1. The number of nitrogens with one attached hydrogen (secondary N) is 1. The standard InChI is InChI=1S/C14H20ClNO2/c1-4-10(5-2)13(14(17)18-3)16-12-8-6-11(15)7-9-12/h6-10,13,16H,4-5H2,1-3H3. The maximum atomic E-state index is 11.8. The van der Waals surface area contributed by atoms with Crippen molar-refractivity contribution in [3.63, 3.8) is 0 Å². The van der Waals surface area contributed by atoms with Crippen molar-refractivity contribution < 1.29 is 9.53 Å². The number of halogens is 1. The zero-order valence-corrected chi connectivity index (χ0v) is 11.8. The van der Waals surface area contributed by atoms with Gasteiger partial charge in [-0.1, -0.05) is 38.3 Å². The molecule has 4 heteroatoms. The summed E-state index contributed by atoms with van der Waals surface area (Å²) < 4.78 is 4.87. The number of benzene rings is 1. The molecule has 0 aliphatic heterocycles. The number of ether oxygens (including phenoxy) is 1. The number of rotatable bonds is 6. The van der Waals surface area contributed by atoms with Crippen LogP contribution in [0, 0.1) is 5.92 Å². The maximum absolute atomic E-state index is 11.8. The highest BCUT2D eigenvalue weighted by Crippen LogP contribution is 2.21. The Labute approximate surface area is 113 Å². The molecule has 0 spiro atoms. The third-order valence-electron chi connectivity index (χ3n) is 3.14. The van der Waals surface area contributed by atoms with E-state index in [1.807, 2.05) is 12.1 Å². The molecular formula is C14H20ClNO2. The van der Waals surface area contributed by atoms with Crippen LogP contribution in [-0.2, 0) is 9.53 Å². The molecule has 0 saturated heterocycles. The maximum Gasteiger partial charge on any atom is 0.328 e. The molecule has 1 aromatic carbocycles. The summed E-state index contributed by atoms with van der Waals surface area (Å²) in [5, 5.41) is 3.90. The van der Waals surface area contributed by atoms with Crippen molar-refractivity contribution in [3.8, 4) is 0 Å². The van der Waals surface area contributed by atoms with E-state index in [1.165, 1.54) is 7.11 Å².